The van der Waals surface area contributed by atoms with Crippen LogP contribution in [0, 0.1) is 0 Å². The molecule has 0 heterocycles. The Labute approximate surface area is 146 Å². The van der Waals surface area contributed by atoms with Crippen molar-refractivity contribution in [1.29, 1.82) is 0 Å². The van der Waals surface area contributed by atoms with Gasteiger partial charge in [-0.1, -0.05) is 34.9 Å². The SMILES string of the molecule is CC(C)=CCCC(C)=CCCC(C)=CCCNC(=O)CP(=O)(O)O. The van der Waals surface area contributed by atoms with Crippen LogP contribution in [0.1, 0.15) is 59.8 Å². The van der Waals surface area contributed by atoms with E-state index in [1.807, 2.05) is 0 Å². The summed E-state index contributed by atoms with van der Waals surface area (Å²) in [6.45, 7) is 8.84. The first-order valence-electron chi connectivity index (χ1n) is 8.36. The molecule has 0 aliphatic carbocycles. The Hall–Kier alpha value is -1.16. The van der Waals surface area contributed by atoms with Crippen LogP contribution in [0.3, 0.4) is 0 Å². The Kier molecular flexibility index (Phi) is 11.6. The molecule has 0 aromatic rings. The molecule has 0 atom stereocenters. The van der Waals surface area contributed by atoms with Gasteiger partial charge < -0.3 is 15.1 Å². The van der Waals surface area contributed by atoms with Crippen LogP contribution in [-0.2, 0) is 9.36 Å². The number of nitrogens with one attached hydrogen (secondary N) is 1. The molecule has 0 radical (unpaired) electrons. The normalized spacial score (nSPS) is 12.9. The van der Waals surface area contributed by atoms with E-state index in [0.717, 1.165) is 25.7 Å². The first kappa shape index (κ1) is 22.8. The highest BCUT2D eigenvalue weighted by molar-refractivity contribution is 7.52. The number of carbonyl (C=O) groups is 1. The average Bonchev–Trinajstić information content (AvgIpc) is 2.41. The van der Waals surface area contributed by atoms with Crippen LogP contribution >= 0.6 is 7.60 Å². The van der Waals surface area contributed by atoms with E-state index < -0.39 is 19.7 Å². The van der Waals surface area contributed by atoms with Crippen LogP contribution in [0.4, 0.5) is 0 Å². The fourth-order valence-corrected chi connectivity index (χ4v) is 2.60. The van der Waals surface area contributed by atoms with Crippen molar-refractivity contribution in [3.8, 4) is 0 Å². The van der Waals surface area contributed by atoms with Gasteiger partial charge in [-0.25, -0.2) is 0 Å². The predicted octanol–water partition coefficient (Wildman–Crippen LogP) is 4.09. The van der Waals surface area contributed by atoms with E-state index in [9.17, 15) is 9.36 Å². The number of allylic oxidation sites excluding steroid dienone is 5. The van der Waals surface area contributed by atoms with Crippen molar-refractivity contribution in [2.24, 2.45) is 0 Å². The first-order chi connectivity index (χ1) is 11.1. The van der Waals surface area contributed by atoms with Gasteiger partial charge in [0.1, 0.15) is 6.16 Å². The Balaban J connectivity index is 3.93. The van der Waals surface area contributed by atoms with E-state index in [2.05, 4.69) is 51.2 Å². The van der Waals surface area contributed by atoms with Crippen LogP contribution in [0.5, 0.6) is 0 Å². The second-order valence-electron chi connectivity index (χ2n) is 6.42. The smallest absolute Gasteiger partial charge is 0.334 e. The van der Waals surface area contributed by atoms with Crippen LogP contribution < -0.4 is 5.32 Å². The van der Waals surface area contributed by atoms with E-state index in [-0.39, 0.29) is 0 Å². The summed E-state index contributed by atoms with van der Waals surface area (Å²) in [5, 5.41) is 2.51. The molecule has 0 unspecified atom stereocenters. The minimum Gasteiger partial charge on any atom is -0.355 e. The van der Waals surface area contributed by atoms with Gasteiger partial charge in [-0.15, -0.1) is 0 Å². The highest BCUT2D eigenvalue weighted by Gasteiger charge is 2.18. The molecule has 0 aromatic carbocycles. The summed E-state index contributed by atoms with van der Waals surface area (Å²) in [5.74, 6) is -0.607. The van der Waals surface area contributed by atoms with Crippen molar-refractivity contribution in [2.45, 2.75) is 59.8 Å². The predicted molar refractivity (Wildman–Crippen MR) is 100.0 cm³/mol. The Morgan fingerprint density at radius 2 is 1.42 bits per heavy atom. The summed E-state index contributed by atoms with van der Waals surface area (Å²) in [7, 11) is -4.27. The van der Waals surface area contributed by atoms with Gasteiger partial charge in [-0.3, -0.25) is 9.36 Å². The number of hydrogen-bond acceptors (Lipinski definition) is 2. The zero-order valence-electron chi connectivity index (χ0n) is 15.3. The summed E-state index contributed by atoms with van der Waals surface area (Å²) < 4.78 is 10.7. The van der Waals surface area contributed by atoms with E-state index >= 15 is 0 Å². The maximum atomic E-state index is 11.2. The molecule has 0 aliphatic rings. The van der Waals surface area contributed by atoms with Crippen molar-refractivity contribution < 1.29 is 19.1 Å². The van der Waals surface area contributed by atoms with Crippen LogP contribution in [-0.4, -0.2) is 28.4 Å². The van der Waals surface area contributed by atoms with Gasteiger partial charge >= 0.3 is 7.60 Å². The molecule has 0 aromatic heterocycles. The quantitative estimate of drug-likeness (QED) is 0.295. The third-order valence-electron chi connectivity index (χ3n) is 3.43. The first-order valence-corrected chi connectivity index (χ1v) is 10.2. The van der Waals surface area contributed by atoms with Gasteiger partial charge in [-0.05, 0) is 59.8 Å². The largest absolute Gasteiger partial charge is 0.355 e. The van der Waals surface area contributed by atoms with Crippen molar-refractivity contribution >= 4 is 13.5 Å². The molecule has 0 saturated carbocycles. The van der Waals surface area contributed by atoms with Gasteiger partial charge in [-0.2, -0.15) is 0 Å². The van der Waals surface area contributed by atoms with Crippen LogP contribution in [0.25, 0.3) is 0 Å². The number of amides is 1. The maximum absolute atomic E-state index is 11.2. The third kappa shape index (κ3) is 15.7. The molecule has 5 nitrogen and oxygen atoms in total. The zero-order valence-corrected chi connectivity index (χ0v) is 16.2. The number of carbonyl (C=O) groups excluding carboxylic acids is 1. The van der Waals surface area contributed by atoms with E-state index in [4.69, 9.17) is 9.79 Å². The fraction of sp³-hybridized carbons (Fsp3) is 0.611. The molecule has 3 N–H and O–H groups in total. The molecule has 0 bridgehead atoms. The van der Waals surface area contributed by atoms with Gasteiger partial charge in [0.2, 0.25) is 5.91 Å². The molecule has 138 valence electrons. The number of rotatable bonds is 11. The van der Waals surface area contributed by atoms with Gasteiger partial charge in [0.05, 0.1) is 0 Å². The minimum atomic E-state index is -4.27. The molecule has 0 saturated heterocycles. The summed E-state index contributed by atoms with van der Waals surface area (Å²) in [6.07, 6.45) is 10.7. The molecule has 0 rings (SSSR count). The van der Waals surface area contributed by atoms with Gasteiger partial charge in [0.15, 0.2) is 0 Å². The Morgan fingerprint density at radius 1 is 0.917 bits per heavy atom. The van der Waals surface area contributed by atoms with Crippen LogP contribution in [0.15, 0.2) is 34.9 Å². The lowest BCUT2D eigenvalue weighted by molar-refractivity contribution is -0.118. The second-order valence-corrected chi connectivity index (χ2v) is 8.07. The summed E-state index contributed by atoms with van der Waals surface area (Å²) >= 11 is 0. The van der Waals surface area contributed by atoms with E-state index in [0.29, 0.717) is 13.0 Å². The summed E-state index contributed by atoms with van der Waals surface area (Å²) in [5.41, 5.74) is 4.02. The molecule has 0 fully saturated rings. The van der Waals surface area contributed by atoms with Crippen molar-refractivity contribution in [1.82, 2.24) is 5.32 Å². The topological polar surface area (TPSA) is 86.6 Å². The van der Waals surface area contributed by atoms with E-state index in [1.165, 1.54) is 16.7 Å². The highest BCUT2D eigenvalue weighted by Crippen LogP contribution is 2.33. The maximum Gasteiger partial charge on any atom is 0.334 e. The highest BCUT2D eigenvalue weighted by atomic mass is 31.2. The standard InChI is InChI=1S/C18H32NO4P/c1-15(2)8-5-9-16(3)10-6-11-17(4)12-7-13-19-18(20)14-24(21,22)23/h8,10,12H,5-7,9,11,13-14H2,1-4H3,(H,19,20)(H2,21,22,23). The van der Waals surface area contributed by atoms with Crippen molar-refractivity contribution in [2.75, 3.05) is 12.7 Å². The van der Waals surface area contributed by atoms with Gasteiger partial charge in [0, 0.05) is 6.54 Å². The molecular weight excluding hydrogens is 325 g/mol. The lowest BCUT2D eigenvalue weighted by Crippen LogP contribution is -2.27. The molecule has 0 spiro atoms. The van der Waals surface area contributed by atoms with Crippen molar-refractivity contribution in [3.05, 3.63) is 34.9 Å². The van der Waals surface area contributed by atoms with Gasteiger partial charge in [0.25, 0.3) is 0 Å². The monoisotopic (exact) mass is 357 g/mol. The molecule has 24 heavy (non-hydrogen) atoms. The summed E-state index contributed by atoms with van der Waals surface area (Å²) in [4.78, 5) is 28.6. The average molecular weight is 357 g/mol. The molecular formula is C18H32NO4P. The molecule has 0 aliphatic heterocycles. The minimum absolute atomic E-state index is 0.397. The lowest BCUT2D eigenvalue weighted by atomic mass is 10.1. The van der Waals surface area contributed by atoms with Crippen LogP contribution in [0.2, 0.25) is 0 Å². The second kappa shape index (κ2) is 12.2. The molecule has 6 heteroatoms. The zero-order chi connectivity index (χ0) is 18.6. The third-order valence-corrected chi connectivity index (χ3v) is 4.13. The van der Waals surface area contributed by atoms with Crippen molar-refractivity contribution in [3.63, 3.8) is 0 Å². The van der Waals surface area contributed by atoms with E-state index in [1.54, 1.807) is 0 Å². The Morgan fingerprint density at radius 3 is 1.92 bits per heavy atom. The lowest BCUT2D eigenvalue weighted by Gasteiger charge is -2.05. The summed E-state index contributed by atoms with van der Waals surface area (Å²) in [6, 6.07) is 0. The fourth-order valence-electron chi connectivity index (χ4n) is 2.11. The number of hydrogen-bond donors (Lipinski definition) is 3. The Bertz CT molecular complexity index is 525. The molecule has 1 amide bonds.